The monoisotopic (exact) mass is 550 g/mol. The Kier molecular flexibility index (Phi) is 12.0. The lowest BCUT2D eigenvalue weighted by molar-refractivity contribution is 0.0827. The van der Waals surface area contributed by atoms with E-state index in [0.29, 0.717) is 36.1 Å². The molecule has 2 aromatic rings. The molecule has 0 spiro atoms. The molecule has 0 bridgehead atoms. The third kappa shape index (κ3) is 8.30. The fraction of sp³-hybridized carbons (Fsp3) is 0.333. The molecule has 0 radical (unpaired) electrons. The average Bonchev–Trinajstić information content (AvgIpc) is 2.79. The summed E-state index contributed by atoms with van der Waals surface area (Å²) in [4.78, 5) is 18.0. The molecule has 0 aliphatic carbocycles. The van der Waals surface area contributed by atoms with E-state index in [2.05, 4.69) is 21.5 Å². The molecule has 0 fully saturated rings. The number of hydrogen-bond donors (Lipinski definition) is 2. The number of aliphatic imine (C=N–C) groups is 1. The summed E-state index contributed by atoms with van der Waals surface area (Å²) >= 11 is 0. The minimum Gasteiger partial charge on any atom is -0.493 e. The number of benzene rings is 2. The van der Waals surface area contributed by atoms with Gasteiger partial charge in [-0.1, -0.05) is 24.1 Å². The van der Waals surface area contributed by atoms with Crippen molar-refractivity contribution in [3.8, 4) is 23.8 Å². The molecule has 0 aromatic heterocycles. The fourth-order valence-electron chi connectivity index (χ4n) is 2.91. The Bertz CT molecular complexity index is 955. The van der Waals surface area contributed by atoms with Crippen LogP contribution in [0.5, 0.6) is 11.5 Å². The molecule has 32 heavy (non-hydrogen) atoms. The molecule has 172 valence electrons. The van der Waals surface area contributed by atoms with E-state index >= 15 is 0 Å². The van der Waals surface area contributed by atoms with Crippen LogP contribution in [-0.2, 0) is 13.0 Å². The van der Waals surface area contributed by atoms with Gasteiger partial charge < -0.3 is 25.0 Å². The predicted molar refractivity (Wildman–Crippen MR) is 139 cm³/mol. The lowest BCUT2D eigenvalue weighted by atomic mass is 10.1. The zero-order valence-electron chi connectivity index (χ0n) is 19.0. The van der Waals surface area contributed by atoms with Crippen LogP contribution in [0.25, 0.3) is 0 Å². The Morgan fingerprint density at radius 1 is 1.12 bits per heavy atom. The minimum absolute atomic E-state index is 0. The van der Waals surface area contributed by atoms with Crippen LogP contribution in [0.2, 0.25) is 0 Å². The van der Waals surface area contributed by atoms with E-state index in [1.807, 2.05) is 42.5 Å². The van der Waals surface area contributed by atoms with Crippen LogP contribution >= 0.6 is 24.0 Å². The van der Waals surface area contributed by atoms with Crippen molar-refractivity contribution in [1.29, 1.82) is 0 Å². The van der Waals surface area contributed by atoms with Crippen LogP contribution in [0, 0.1) is 12.3 Å². The van der Waals surface area contributed by atoms with Crippen molar-refractivity contribution in [1.82, 2.24) is 15.5 Å². The molecule has 0 saturated carbocycles. The number of hydrogen-bond acceptors (Lipinski definition) is 4. The second-order valence-corrected chi connectivity index (χ2v) is 6.98. The van der Waals surface area contributed by atoms with Crippen molar-refractivity contribution < 1.29 is 14.3 Å². The number of nitrogens with one attached hydrogen (secondary N) is 2. The van der Waals surface area contributed by atoms with E-state index in [1.54, 1.807) is 33.2 Å². The van der Waals surface area contributed by atoms with Crippen LogP contribution in [0.4, 0.5) is 0 Å². The Morgan fingerprint density at radius 3 is 2.56 bits per heavy atom. The fourth-order valence-corrected chi connectivity index (χ4v) is 2.91. The SMILES string of the molecule is C#CCOc1cc(CNC(=NC)NCCc2cccc(C(=O)N(C)C)c2)ccc1OC.I. The van der Waals surface area contributed by atoms with Crippen molar-refractivity contribution in [2.75, 3.05) is 41.4 Å². The second kappa shape index (κ2) is 14.2. The van der Waals surface area contributed by atoms with Crippen LogP contribution in [0.1, 0.15) is 21.5 Å². The van der Waals surface area contributed by atoms with Gasteiger partial charge in [-0.3, -0.25) is 9.79 Å². The highest BCUT2D eigenvalue weighted by molar-refractivity contribution is 14.0. The Balaban J connectivity index is 0.00000512. The van der Waals surface area contributed by atoms with Crippen molar-refractivity contribution in [2.45, 2.75) is 13.0 Å². The predicted octanol–water partition coefficient (Wildman–Crippen LogP) is 2.93. The van der Waals surface area contributed by atoms with E-state index in [1.165, 1.54) is 0 Å². The number of carbonyl (C=O) groups excluding carboxylic acids is 1. The molecule has 7 nitrogen and oxygen atoms in total. The van der Waals surface area contributed by atoms with E-state index < -0.39 is 0 Å². The Morgan fingerprint density at radius 2 is 1.91 bits per heavy atom. The van der Waals surface area contributed by atoms with Gasteiger partial charge in [0.05, 0.1) is 7.11 Å². The van der Waals surface area contributed by atoms with E-state index in [9.17, 15) is 4.79 Å². The summed E-state index contributed by atoms with van der Waals surface area (Å²) in [6.45, 7) is 1.42. The van der Waals surface area contributed by atoms with Gasteiger partial charge in [0.2, 0.25) is 0 Å². The van der Waals surface area contributed by atoms with Gasteiger partial charge in [-0.2, -0.15) is 0 Å². The largest absolute Gasteiger partial charge is 0.493 e. The second-order valence-electron chi connectivity index (χ2n) is 6.98. The summed E-state index contributed by atoms with van der Waals surface area (Å²) in [5.41, 5.74) is 2.78. The molecule has 2 rings (SSSR count). The van der Waals surface area contributed by atoms with E-state index in [4.69, 9.17) is 15.9 Å². The highest BCUT2D eigenvalue weighted by atomic mass is 127. The molecule has 2 aromatic carbocycles. The molecule has 0 aliphatic rings. The maximum atomic E-state index is 12.1. The number of ether oxygens (including phenoxy) is 2. The standard InChI is InChI=1S/C24H30N4O3.HI/c1-6-14-31-22-16-19(10-11-21(22)30-5)17-27-24(25-2)26-13-12-18-8-7-9-20(15-18)23(29)28(3)4;/h1,7-11,15-16H,12-14,17H2,2-5H3,(H2,25,26,27);1H. The summed E-state index contributed by atoms with van der Waals surface area (Å²) in [6, 6.07) is 13.4. The van der Waals surface area contributed by atoms with Gasteiger partial charge in [-0.15, -0.1) is 30.4 Å². The topological polar surface area (TPSA) is 75.2 Å². The number of nitrogens with zero attached hydrogens (tertiary/aromatic N) is 2. The maximum Gasteiger partial charge on any atom is 0.253 e. The highest BCUT2D eigenvalue weighted by Gasteiger charge is 2.09. The van der Waals surface area contributed by atoms with Gasteiger partial charge in [-0.25, -0.2) is 0 Å². The number of amides is 1. The maximum absolute atomic E-state index is 12.1. The van der Waals surface area contributed by atoms with Gasteiger partial charge in [0.15, 0.2) is 17.5 Å². The number of halogens is 1. The van der Waals surface area contributed by atoms with Gasteiger partial charge in [0.25, 0.3) is 5.91 Å². The summed E-state index contributed by atoms with van der Waals surface area (Å²) < 4.78 is 10.8. The summed E-state index contributed by atoms with van der Waals surface area (Å²) in [5, 5.41) is 6.57. The summed E-state index contributed by atoms with van der Waals surface area (Å²) in [7, 11) is 6.81. The number of methoxy groups -OCH3 is 1. The number of terminal acetylenes is 1. The van der Waals surface area contributed by atoms with Gasteiger partial charge in [-0.05, 0) is 41.8 Å². The van der Waals surface area contributed by atoms with Gasteiger partial charge >= 0.3 is 0 Å². The summed E-state index contributed by atoms with van der Waals surface area (Å²) in [5.74, 6) is 4.38. The molecule has 0 unspecified atom stereocenters. The van der Waals surface area contributed by atoms with E-state index in [0.717, 1.165) is 17.5 Å². The summed E-state index contributed by atoms with van der Waals surface area (Å²) in [6.07, 6.45) is 6.04. The zero-order chi connectivity index (χ0) is 22.6. The number of rotatable bonds is 9. The Labute approximate surface area is 207 Å². The average molecular weight is 550 g/mol. The van der Waals surface area contributed by atoms with Gasteiger partial charge in [0.1, 0.15) is 6.61 Å². The zero-order valence-corrected chi connectivity index (χ0v) is 21.3. The van der Waals surface area contributed by atoms with E-state index in [-0.39, 0.29) is 36.5 Å². The third-order valence-electron chi connectivity index (χ3n) is 4.51. The Hall–Kier alpha value is -2.93. The van der Waals surface area contributed by atoms with Crippen LogP contribution in [0.3, 0.4) is 0 Å². The molecule has 8 heteroatoms. The first kappa shape index (κ1) is 27.1. The molecule has 0 aliphatic heterocycles. The van der Waals surface area contributed by atoms with Crippen molar-refractivity contribution in [2.24, 2.45) is 4.99 Å². The molecular weight excluding hydrogens is 519 g/mol. The van der Waals surface area contributed by atoms with Crippen LogP contribution < -0.4 is 20.1 Å². The minimum atomic E-state index is -0.00244. The van der Waals surface area contributed by atoms with Crippen molar-refractivity contribution in [3.05, 3.63) is 59.2 Å². The quantitative estimate of drug-likeness (QED) is 0.218. The van der Waals surface area contributed by atoms with Crippen LogP contribution in [-0.4, -0.2) is 58.2 Å². The number of guanidine groups is 1. The number of carbonyl (C=O) groups is 1. The first-order valence-corrected chi connectivity index (χ1v) is 9.96. The lowest BCUT2D eigenvalue weighted by Gasteiger charge is -2.14. The molecule has 0 saturated heterocycles. The van der Waals surface area contributed by atoms with Gasteiger partial charge in [0, 0.05) is 39.8 Å². The highest BCUT2D eigenvalue weighted by Crippen LogP contribution is 2.27. The molecule has 0 heterocycles. The molecular formula is C24H31IN4O3. The molecule has 2 N–H and O–H groups in total. The smallest absolute Gasteiger partial charge is 0.253 e. The first-order valence-electron chi connectivity index (χ1n) is 9.96. The third-order valence-corrected chi connectivity index (χ3v) is 4.51. The molecule has 1 amide bonds. The lowest BCUT2D eigenvalue weighted by Crippen LogP contribution is -2.37. The van der Waals surface area contributed by atoms with Crippen molar-refractivity contribution in [3.63, 3.8) is 0 Å². The van der Waals surface area contributed by atoms with Crippen LogP contribution in [0.15, 0.2) is 47.5 Å². The first-order chi connectivity index (χ1) is 15.0. The normalized spacial score (nSPS) is 10.4. The van der Waals surface area contributed by atoms with Crippen molar-refractivity contribution >= 4 is 35.8 Å². The molecule has 0 atom stereocenters.